The first-order valence-electron chi connectivity index (χ1n) is 18.8. The topological polar surface area (TPSA) is 245 Å². The highest BCUT2D eigenvalue weighted by molar-refractivity contribution is 5.90. The molecule has 7 rings (SSSR count). The lowest BCUT2D eigenvalue weighted by atomic mass is 9.82. The lowest BCUT2D eigenvalue weighted by Gasteiger charge is -2.53. The van der Waals surface area contributed by atoms with Crippen molar-refractivity contribution in [2.75, 3.05) is 19.6 Å². The number of aromatic nitrogens is 7. The van der Waals surface area contributed by atoms with E-state index < -0.39 is 54.0 Å². The summed E-state index contributed by atoms with van der Waals surface area (Å²) < 4.78 is 144. The van der Waals surface area contributed by atoms with Crippen molar-refractivity contribution < 1.29 is 87.1 Å². The summed E-state index contributed by atoms with van der Waals surface area (Å²) in [4.78, 5) is 48.3. The molecule has 0 atom stereocenters. The summed E-state index contributed by atoms with van der Waals surface area (Å²) in [6.45, 7) is 2.41. The van der Waals surface area contributed by atoms with Crippen molar-refractivity contribution in [3.63, 3.8) is 0 Å². The molecular formula is C36H36F12N10O7. The number of ether oxygens (including phenoxy) is 1. The van der Waals surface area contributed by atoms with Crippen LogP contribution in [0.5, 0.6) is 5.88 Å². The van der Waals surface area contributed by atoms with Crippen LogP contribution < -0.4 is 10.1 Å². The predicted octanol–water partition coefficient (Wildman–Crippen LogP) is 6.34. The number of nitriles is 1. The molecule has 65 heavy (non-hydrogen) atoms. The molecule has 0 unspecified atom stereocenters. The first kappa shape index (κ1) is 51.3. The van der Waals surface area contributed by atoms with Gasteiger partial charge in [0.05, 0.1) is 30.1 Å². The summed E-state index contributed by atoms with van der Waals surface area (Å²) in [6, 6.07) is 6.11. The Morgan fingerprint density at radius 1 is 0.862 bits per heavy atom. The van der Waals surface area contributed by atoms with Crippen LogP contribution in [0.15, 0.2) is 37.1 Å². The van der Waals surface area contributed by atoms with Crippen molar-refractivity contribution >= 4 is 28.9 Å². The van der Waals surface area contributed by atoms with E-state index >= 15 is 0 Å². The van der Waals surface area contributed by atoms with Gasteiger partial charge in [-0.1, -0.05) is 0 Å². The van der Waals surface area contributed by atoms with Gasteiger partial charge in [-0.15, -0.1) is 0 Å². The average Bonchev–Trinajstić information content (AvgIpc) is 3.64. The van der Waals surface area contributed by atoms with Gasteiger partial charge in [0.15, 0.2) is 0 Å². The number of likely N-dealkylation sites (tertiary alicyclic amines) is 1. The van der Waals surface area contributed by atoms with Crippen LogP contribution in [0.25, 0.3) is 22.3 Å². The molecule has 5 heterocycles. The monoisotopic (exact) mass is 948 g/mol. The van der Waals surface area contributed by atoms with E-state index in [-0.39, 0.29) is 24.2 Å². The summed E-state index contributed by atoms with van der Waals surface area (Å²) in [5.74, 6) is -8.85. The normalized spacial score (nSPS) is 18.6. The number of alkyl halides is 12. The zero-order valence-corrected chi connectivity index (χ0v) is 33.1. The summed E-state index contributed by atoms with van der Waals surface area (Å²) in [6.07, 6.45) is -7.27. The molecule has 2 aliphatic carbocycles. The van der Waals surface area contributed by atoms with E-state index in [9.17, 15) is 57.9 Å². The number of H-pyrrole nitrogens is 1. The number of hydrogen-bond acceptors (Lipinski definition) is 12. The van der Waals surface area contributed by atoms with Crippen LogP contribution >= 0.6 is 0 Å². The number of fused-ring (bicyclic) bond motifs is 1. The number of nitrogens with one attached hydrogen (secondary N) is 2. The molecule has 0 radical (unpaired) electrons. The Kier molecular flexibility index (Phi) is 16.3. The molecule has 0 aromatic carbocycles. The minimum absolute atomic E-state index is 0.0222. The van der Waals surface area contributed by atoms with E-state index in [1.54, 1.807) is 6.20 Å². The van der Waals surface area contributed by atoms with Crippen molar-refractivity contribution in [2.24, 2.45) is 5.92 Å². The Morgan fingerprint density at radius 3 is 1.94 bits per heavy atom. The van der Waals surface area contributed by atoms with Crippen LogP contribution in [-0.4, -0.2) is 123 Å². The van der Waals surface area contributed by atoms with E-state index in [2.05, 4.69) is 46.3 Å². The second-order valence-corrected chi connectivity index (χ2v) is 14.7. The molecule has 0 bridgehead atoms. The Labute approximate surface area is 357 Å². The van der Waals surface area contributed by atoms with Gasteiger partial charge in [0.2, 0.25) is 11.7 Å². The second-order valence-electron chi connectivity index (χ2n) is 14.7. The molecule has 3 fully saturated rings. The van der Waals surface area contributed by atoms with Gasteiger partial charge in [-0.2, -0.15) is 68.0 Å². The van der Waals surface area contributed by atoms with Crippen molar-refractivity contribution in [3.8, 4) is 23.2 Å². The SMILES string of the molecule is N#CCC1(n2cc(-c3ncnc4[nH]ccc34)cn2)CN(C2CCC(Oc3cc(CNCC4CC4)nc(C(F)(F)F)n3)CC2)C1.O=C(O)C(F)(F)F.O=C(O)C(F)(F)F.O=C(O)C(F)(F)F. The number of halogens is 12. The van der Waals surface area contributed by atoms with Crippen molar-refractivity contribution in [1.82, 2.24) is 44.9 Å². The Bertz CT molecular complexity index is 2230. The fourth-order valence-corrected chi connectivity index (χ4v) is 6.44. The molecule has 0 spiro atoms. The second kappa shape index (κ2) is 20.7. The quantitative estimate of drug-likeness (QED) is 0.109. The molecule has 3 aliphatic rings. The van der Waals surface area contributed by atoms with E-state index in [1.807, 2.05) is 23.1 Å². The van der Waals surface area contributed by atoms with Gasteiger partial charge in [-0.25, -0.2) is 29.3 Å². The molecule has 1 saturated heterocycles. The van der Waals surface area contributed by atoms with Crippen LogP contribution in [0.2, 0.25) is 0 Å². The predicted molar refractivity (Wildman–Crippen MR) is 194 cm³/mol. The molecule has 2 saturated carbocycles. The molecular weight excluding hydrogens is 912 g/mol. The van der Waals surface area contributed by atoms with Crippen LogP contribution in [-0.2, 0) is 32.6 Å². The summed E-state index contributed by atoms with van der Waals surface area (Å²) in [5.41, 5.74) is 2.27. The molecule has 17 nitrogen and oxygen atoms in total. The fourth-order valence-electron chi connectivity index (χ4n) is 6.44. The molecule has 4 aromatic heterocycles. The standard InChI is InChI=1S/C30H33F3N10O.3C2HF3O2/c31-30(32,33)28-40-21(14-35-12-19-1-2-19)11-25(41-28)44-23-5-3-22(4-6-23)42-16-29(17-42,8-9-34)43-15-20(13-39-43)26-24-7-10-36-27(24)38-18-37-26;3*3-2(4,5)1(6)7/h7,10-11,13,15,18-19,22-23,35H,1-6,8,12,14,16-17H2,(H,36,37,38);3*(H,6,7). The lowest BCUT2D eigenvalue weighted by molar-refractivity contribution is -0.193. The van der Waals surface area contributed by atoms with Gasteiger partial charge in [-0.05, 0) is 57.1 Å². The van der Waals surface area contributed by atoms with Crippen LogP contribution in [0.3, 0.4) is 0 Å². The smallest absolute Gasteiger partial charge is 0.475 e. The van der Waals surface area contributed by atoms with E-state index in [4.69, 9.17) is 34.4 Å². The molecule has 5 N–H and O–H groups in total. The van der Waals surface area contributed by atoms with Crippen LogP contribution in [0.1, 0.15) is 56.5 Å². The lowest BCUT2D eigenvalue weighted by Crippen LogP contribution is -2.65. The third kappa shape index (κ3) is 14.9. The molecule has 0 amide bonds. The van der Waals surface area contributed by atoms with Gasteiger partial charge in [-0.3, -0.25) is 9.58 Å². The number of hydrogen-bond donors (Lipinski definition) is 5. The number of aromatic amines is 1. The minimum Gasteiger partial charge on any atom is -0.475 e. The maximum atomic E-state index is 13.5. The number of aliphatic carboxylic acids is 3. The number of carbonyl (C=O) groups is 3. The van der Waals surface area contributed by atoms with Gasteiger partial charge in [0, 0.05) is 55.1 Å². The maximum Gasteiger partial charge on any atom is 0.490 e. The fraction of sp³-hybridized carbons (Fsp3) is 0.528. The Hall–Kier alpha value is -6.31. The van der Waals surface area contributed by atoms with E-state index in [1.165, 1.54) is 12.4 Å². The van der Waals surface area contributed by atoms with Crippen LogP contribution in [0, 0.1) is 17.2 Å². The highest BCUT2D eigenvalue weighted by Gasteiger charge is 2.48. The molecule has 29 heteroatoms. The van der Waals surface area contributed by atoms with Crippen molar-refractivity contribution in [3.05, 3.63) is 48.6 Å². The van der Waals surface area contributed by atoms with E-state index in [0.29, 0.717) is 44.3 Å². The molecule has 4 aromatic rings. The van der Waals surface area contributed by atoms with Crippen LogP contribution in [0.4, 0.5) is 52.7 Å². The van der Waals surface area contributed by atoms with Gasteiger partial charge < -0.3 is 30.4 Å². The van der Waals surface area contributed by atoms with E-state index in [0.717, 1.165) is 54.5 Å². The van der Waals surface area contributed by atoms with Gasteiger partial charge in [0.25, 0.3) is 0 Å². The minimum atomic E-state index is -5.08. The summed E-state index contributed by atoms with van der Waals surface area (Å²) >= 11 is 0. The zero-order chi connectivity index (χ0) is 48.5. The number of nitrogens with zero attached hydrogens (tertiary/aromatic N) is 8. The highest BCUT2D eigenvalue weighted by atomic mass is 19.4. The highest BCUT2D eigenvalue weighted by Crippen LogP contribution is 2.39. The summed E-state index contributed by atoms with van der Waals surface area (Å²) in [5, 5.41) is 39.8. The summed E-state index contributed by atoms with van der Waals surface area (Å²) in [7, 11) is 0. The van der Waals surface area contributed by atoms with Crippen molar-refractivity contribution in [2.45, 2.75) is 93.9 Å². The number of rotatable bonds is 10. The van der Waals surface area contributed by atoms with Gasteiger partial charge >= 0.3 is 42.6 Å². The largest absolute Gasteiger partial charge is 0.490 e. The third-order valence-corrected chi connectivity index (χ3v) is 9.72. The third-order valence-electron chi connectivity index (χ3n) is 9.72. The number of carboxylic acids is 3. The first-order valence-corrected chi connectivity index (χ1v) is 18.8. The van der Waals surface area contributed by atoms with Gasteiger partial charge in [0.1, 0.15) is 23.6 Å². The first-order chi connectivity index (χ1) is 30.1. The number of carboxylic acid groups (broad SMARTS) is 3. The maximum absolute atomic E-state index is 13.5. The van der Waals surface area contributed by atoms with Crippen molar-refractivity contribution in [1.29, 1.82) is 5.26 Å². The molecule has 356 valence electrons. The molecule has 1 aliphatic heterocycles. The Morgan fingerprint density at radius 2 is 1.43 bits per heavy atom. The Balaban J connectivity index is 0.000000366. The zero-order valence-electron chi connectivity index (χ0n) is 33.1. The average molecular weight is 949 g/mol.